The van der Waals surface area contributed by atoms with Crippen LogP contribution in [0.1, 0.15) is 10.4 Å². The fourth-order valence-electron chi connectivity index (χ4n) is 2.58. The third-order valence-corrected chi connectivity index (χ3v) is 4.87. The van der Waals surface area contributed by atoms with Crippen LogP contribution in [0.15, 0.2) is 47.4 Å². The fourth-order valence-corrected chi connectivity index (χ4v) is 3.46. The predicted octanol–water partition coefficient (Wildman–Crippen LogP) is 2.21. The molecular weight excluding hydrogens is 358 g/mol. The number of nitrogens with zero attached hydrogens (tertiary/aromatic N) is 2. The smallest absolute Gasteiger partial charge is 0.283 e. The zero-order valence-corrected chi connectivity index (χ0v) is 14.4. The maximum atomic E-state index is 12.6. The Bertz CT molecular complexity index is 886. The van der Waals surface area contributed by atoms with Gasteiger partial charge in [0.15, 0.2) is 0 Å². The highest BCUT2D eigenvalue weighted by Gasteiger charge is 2.24. The lowest BCUT2D eigenvalue weighted by Gasteiger charge is -2.29. The van der Waals surface area contributed by atoms with Crippen LogP contribution in [0, 0.1) is 10.1 Å². The summed E-state index contributed by atoms with van der Waals surface area (Å²) in [6, 6.07) is 11.2. The summed E-state index contributed by atoms with van der Waals surface area (Å²) in [6.45, 7) is 0.806. The zero-order valence-electron chi connectivity index (χ0n) is 13.6. The van der Waals surface area contributed by atoms with Crippen molar-refractivity contribution in [3.8, 4) is 5.75 Å². The third kappa shape index (κ3) is 3.62. The van der Waals surface area contributed by atoms with Gasteiger partial charge in [-0.1, -0.05) is 12.1 Å². The van der Waals surface area contributed by atoms with Crippen LogP contribution in [0.25, 0.3) is 0 Å². The Morgan fingerprint density at radius 3 is 2.77 bits per heavy atom. The van der Waals surface area contributed by atoms with E-state index >= 15 is 0 Å². The van der Waals surface area contributed by atoms with Crippen LogP contribution in [0.3, 0.4) is 0 Å². The van der Waals surface area contributed by atoms with E-state index in [1.165, 1.54) is 12.1 Å². The van der Waals surface area contributed by atoms with Crippen LogP contribution >= 0.6 is 11.8 Å². The van der Waals surface area contributed by atoms with E-state index in [0.29, 0.717) is 29.5 Å². The second kappa shape index (κ2) is 7.44. The number of fused-ring (bicyclic) bond motifs is 1. The van der Waals surface area contributed by atoms with Gasteiger partial charge in [-0.2, -0.15) is 0 Å². The lowest BCUT2D eigenvalue weighted by molar-refractivity contribution is -0.387. The molecule has 9 heteroatoms. The first-order valence-corrected chi connectivity index (χ1v) is 8.69. The van der Waals surface area contributed by atoms with Gasteiger partial charge in [0, 0.05) is 11.6 Å². The van der Waals surface area contributed by atoms with Gasteiger partial charge in [0.25, 0.3) is 5.69 Å². The van der Waals surface area contributed by atoms with E-state index in [1.54, 1.807) is 17.0 Å². The number of benzene rings is 2. The number of hydrogen-bond donors (Lipinski definition) is 1. The van der Waals surface area contributed by atoms with Crippen LogP contribution in [-0.4, -0.2) is 35.6 Å². The number of nitro benzene ring substituents is 1. The average molecular weight is 373 g/mol. The number of para-hydroxylation sites is 2. The number of hydrogen-bond acceptors (Lipinski definition) is 6. The number of primary amides is 1. The summed E-state index contributed by atoms with van der Waals surface area (Å²) < 4.78 is 5.52. The van der Waals surface area contributed by atoms with E-state index in [2.05, 4.69) is 0 Å². The Hall–Kier alpha value is -3.07. The second-order valence-electron chi connectivity index (χ2n) is 5.45. The van der Waals surface area contributed by atoms with Gasteiger partial charge >= 0.3 is 0 Å². The molecule has 0 saturated heterocycles. The highest BCUT2D eigenvalue weighted by atomic mass is 32.2. The quantitative estimate of drug-likeness (QED) is 0.488. The van der Waals surface area contributed by atoms with Crippen molar-refractivity contribution >= 4 is 35.0 Å². The number of anilines is 1. The second-order valence-corrected chi connectivity index (χ2v) is 6.47. The lowest BCUT2D eigenvalue weighted by atomic mass is 10.2. The van der Waals surface area contributed by atoms with Crippen molar-refractivity contribution in [3.05, 3.63) is 58.1 Å². The molecule has 0 aliphatic carbocycles. The number of carbonyl (C=O) groups is 2. The minimum absolute atomic E-state index is 0.0189. The molecule has 0 bridgehead atoms. The van der Waals surface area contributed by atoms with Gasteiger partial charge in [-0.3, -0.25) is 19.7 Å². The van der Waals surface area contributed by atoms with Gasteiger partial charge in [0.05, 0.1) is 27.8 Å². The van der Waals surface area contributed by atoms with Crippen molar-refractivity contribution in [1.29, 1.82) is 0 Å². The van der Waals surface area contributed by atoms with E-state index < -0.39 is 10.8 Å². The molecule has 1 aliphatic rings. The van der Waals surface area contributed by atoms with E-state index in [9.17, 15) is 19.7 Å². The van der Waals surface area contributed by atoms with Gasteiger partial charge in [0.2, 0.25) is 11.8 Å². The third-order valence-electron chi connectivity index (χ3n) is 3.82. The normalized spacial score (nSPS) is 12.8. The summed E-state index contributed by atoms with van der Waals surface area (Å²) in [4.78, 5) is 36.3. The van der Waals surface area contributed by atoms with Crippen molar-refractivity contribution < 1.29 is 19.2 Å². The molecule has 2 N–H and O–H groups in total. The lowest BCUT2D eigenvalue weighted by Crippen LogP contribution is -2.39. The highest BCUT2D eigenvalue weighted by Crippen LogP contribution is 2.33. The molecule has 8 nitrogen and oxygen atoms in total. The molecule has 0 aromatic heterocycles. The number of rotatable bonds is 5. The Kier molecular flexibility index (Phi) is 5.08. The minimum Gasteiger partial charge on any atom is -0.490 e. The molecule has 0 saturated carbocycles. The molecular formula is C17H15N3O5S. The van der Waals surface area contributed by atoms with Crippen LogP contribution < -0.4 is 15.4 Å². The van der Waals surface area contributed by atoms with Gasteiger partial charge < -0.3 is 15.4 Å². The topological polar surface area (TPSA) is 116 Å². The van der Waals surface area contributed by atoms with Gasteiger partial charge in [-0.25, -0.2) is 0 Å². The Balaban J connectivity index is 1.76. The van der Waals surface area contributed by atoms with E-state index in [0.717, 1.165) is 17.8 Å². The van der Waals surface area contributed by atoms with Crippen molar-refractivity contribution in [2.75, 3.05) is 23.8 Å². The van der Waals surface area contributed by atoms with Crippen LogP contribution in [0.5, 0.6) is 5.75 Å². The summed E-state index contributed by atoms with van der Waals surface area (Å²) in [7, 11) is 0. The number of nitro groups is 1. The SMILES string of the molecule is NC(=O)c1ccc(SCC(=O)N2CCOc3ccccc32)c([N+](=O)[O-])c1. The molecule has 0 atom stereocenters. The number of ether oxygens (including phenoxy) is 1. The minimum atomic E-state index is -0.745. The first-order valence-electron chi connectivity index (χ1n) is 7.70. The van der Waals surface area contributed by atoms with E-state index in [4.69, 9.17) is 10.5 Å². The molecule has 0 unspecified atom stereocenters. The molecule has 2 amide bonds. The Morgan fingerprint density at radius 2 is 2.04 bits per heavy atom. The molecule has 1 heterocycles. The van der Waals surface area contributed by atoms with Crippen molar-refractivity contribution in [2.45, 2.75) is 4.90 Å². The molecule has 2 aromatic carbocycles. The average Bonchev–Trinajstić information content (AvgIpc) is 2.65. The highest BCUT2D eigenvalue weighted by molar-refractivity contribution is 8.00. The van der Waals surface area contributed by atoms with E-state index in [1.807, 2.05) is 12.1 Å². The number of amides is 2. The molecule has 0 radical (unpaired) electrons. The largest absolute Gasteiger partial charge is 0.490 e. The first kappa shape index (κ1) is 17.7. The van der Waals surface area contributed by atoms with E-state index in [-0.39, 0.29) is 22.9 Å². The first-order chi connectivity index (χ1) is 12.5. The van der Waals surface area contributed by atoms with Gasteiger partial charge in [-0.05, 0) is 24.3 Å². The maximum absolute atomic E-state index is 12.6. The zero-order chi connectivity index (χ0) is 18.7. The summed E-state index contributed by atoms with van der Waals surface area (Å²) in [5, 5.41) is 11.2. The molecule has 1 aliphatic heterocycles. The number of thioether (sulfide) groups is 1. The van der Waals surface area contributed by atoms with Crippen molar-refractivity contribution in [2.24, 2.45) is 5.73 Å². The predicted molar refractivity (Wildman–Crippen MR) is 96.6 cm³/mol. The fraction of sp³-hybridized carbons (Fsp3) is 0.176. The van der Waals surface area contributed by atoms with Crippen LogP contribution in [0.2, 0.25) is 0 Å². The van der Waals surface area contributed by atoms with Gasteiger partial charge in [0.1, 0.15) is 12.4 Å². The maximum Gasteiger partial charge on any atom is 0.283 e. The van der Waals surface area contributed by atoms with Gasteiger partial charge in [-0.15, -0.1) is 11.8 Å². The number of nitrogens with two attached hydrogens (primary N) is 1. The van der Waals surface area contributed by atoms with Crippen molar-refractivity contribution in [3.63, 3.8) is 0 Å². The van der Waals surface area contributed by atoms with Crippen LogP contribution in [-0.2, 0) is 4.79 Å². The number of carbonyl (C=O) groups excluding carboxylic acids is 2. The summed E-state index contributed by atoms with van der Waals surface area (Å²) in [5.74, 6) is -0.274. The molecule has 0 spiro atoms. The molecule has 3 rings (SSSR count). The van der Waals surface area contributed by atoms with Crippen LogP contribution in [0.4, 0.5) is 11.4 Å². The standard InChI is InChI=1S/C17H15N3O5S/c18-17(22)11-5-6-15(13(9-11)20(23)24)26-10-16(21)19-7-8-25-14-4-2-1-3-12(14)19/h1-6,9H,7-8,10H2,(H2,18,22). The molecule has 2 aromatic rings. The molecule has 134 valence electrons. The van der Waals surface area contributed by atoms with Crippen molar-refractivity contribution in [1.82, 2.24) is 0 Å². The molecule has 26 heavy (non-hydrogen) atoms. The summed E-state index contributed by atoms with van der Waals surface area (Å²) in [5.41, 5.74) is 5.64. The Morgan fingerprint density at radius 1 is 1.27 bits per heavy atom. The Labute approximate surface area is 153 Å². The molecule has 0 fully saturated rings. The summed E-state index contributed by atoms with van der Waals surface area (Å²) in [6.07, 6.45) is 0. The summed E-state index contributed by atoms with van der Waals surface area (Å²) >= 11 is 1.05. The monoisotopic (exact) mass is 373 g/mol.